The maximum atomic E-state index is 12.3. The van der Waals surface area contributed by atoms with Crippen molar-refractivity contribution in [3.05, 3.63) is 68.6 Å². The van der Waals surface area contributed by atoms with E-state index in [0.29, 0.717) is 10.0 Å². The Kier molecular flexibility index (Phi) is 4.64. The summed E-state index contributed by atoms with van der Waals surface area (Å²) in [7, 11) is 1.69. The van der Waals surface area contributed by atoms with Crippen LogP contribution >= 0.6 is 23.2 Å². The molecule has 5 nitrogen and oxygen atoms in total. The van der Waals surface area contributed by atoms with Crippen LogP contribution in [0.3, 0.4) is 0 Å². The molecule has 3 aromatic rings. The zero-order valence-electron chi connectivity index (χ0n) is 12.9. The third-order valence-electron chi connectivity index (χ3n) is 3.84. The number of benzene rings is 2. The lowest BCUT2D eigenvalue weighted by Crippen LogP contribution is -2.32. The summed E-state index contributed by atoms with van der Waals surface area (Å²) < 4.78 is 2.98. The Bertz CT molecular complexity index is 976. The standard InChI is InChI=1S/C17H15Cl2N3O2/c1-21-14-4-2-3-5-15(14)22(17(21)24)10-16(23)20-9-11-6-7-12(18)8-13(11)19/h2-8H,9-10H2,1H3,(H,20,23). The second-order valence-electron chi connectivity index (χ2n) is 5.43. The molecule has 0 unspecified atom stereocenters. The van der Waals surface area contributed by atoms with E-state index in [1.54, 1.807) is 25.2 Å². The molecule has 0 aliphatic carbocycles. The van der Waals surface area contributed by atoms with Gasteiger partial charge < -0.3 is 5.32 Å². The van der Waals surface area contributed by atoms with E-state index in [-0.39, 0.29) is 24.7 Å². The van der Waals surface area contributed by atoms with Crippen molar-refractivity contribution in [1.29, 1.82) is 0 Å². The second-order valence-corrected chi connectivity index (χ2v) is 6.27. The normalized spacial score (nSPS) is 11.0. The minimum Gasteiger partial charge on any atom is -0.350 e. The number of halogens is 2. The molecular weight excluding hydrogens is 349 g/mol. The van der Waals surface area contributed by atoms with Crippen molar-refractivity contribution in [2.45, 2.75) is 13.1 Å². The van der Waals surface area contributed by atoms with Gasteiger partial charge in [-0.1, -0.05) is 41.4 Å². The molecule has 0 saturated heterocycles. The smallest absolute Gasteiger partial charge is 0.329 e. The molecule has 1 aromatic heterocycles. The van der Waals surface area contributed by atoms with Crippen LogP contribution in [0.2, 0.25) is 10.0 Å². The summed E-state index contributed by atoms with van der Waals surface area (Å²) in [6, 6.07) is 12.5. The lowest BCUT2D eigenvalue weighted by atomic mass is 10.2. The number of aryl methyl sites for hydroxylation is 1. The van der Waals surface area contributed by atoms with Gasteiger partial charge in [-0.25, -0.2) is 4.79 Å². The van der Waals surface area contributed by atoms with E-state index >= 15 is 0 Å². The number of para-hydroxylation sites is 2. The number of hydrogen-bond acceptors (Lipinski definition) is 2. The third-order valence-corrected chi connectivity index (χ3v) is 4.43. The monoisotopic (exact) mass is 363 g/mol. The highest BCUT2D eigenvalue weighted by Gasteiger charge is 2.13. The molecule has 7 heteroatoms. The van der Waals surface area contributed by atoms with Gasteiger partial charge in [0.05, 0.1) is 11.0 Å². The first kappa shape index (κ1) is 16.6. The second kappa shape index (κ2) is 6.71. The van der Waals surface area contributed by atoms with E-state index < -0.39 is 0 Å². The van der Waals surface area contributed by atoms with Crippen LogP contribution in [-0.4, -0.2) is 15.0 Å². The number of rotatable bonds is 4. The Morgan fingerprint density at radius 1 is 1.12 bits per heavy atom. The van der Waals surface area contributed by atoms with Gasteiger partial charge in [-0.2, -0.15) is 0 Å². The predicted octanol–water partition coefficient (Wildman–Crippen LogP) is 2.96. The molecule has 3 rings (SSSR count). The highest BCUT2D eigenvalue weighted by atomic mass is 35.5. The molecule has 0 aliphatic heterocycles. The predicted molar refractivity (Wildman–Crippen MR) is 95.5 cm³/mol. The number of aromatic nitrogens is 2. The van der Waals surface area contributed by atoms with Crippen molar-refractivity contribution in [2.75, 3.05) is 0 Å². The van der Waals surface area contributed by atoms with Crippen molar-refractivity contribution in [3.63, 3.8) is 0 Å². The van der Waals surface area contributed by atoms with Gasteiger partial charge in [0.2, 0.25) is 5.91 Å². The highest BCUT2D eigenvalue weighted by molar-refractivity contribution is 6.35. The number of carbonyl (C=O) groups excluding carboxylic acids is 1. The molecule has 0 bridgehead atoms. The maximum absolute atomic E-state index is 12.3. The quantitative estimate of drug-likeness (QED) is 0.774. The van der Waals surface area contributed by atoms with Gasteiger partial charge in [0.25, 0.3) is 0 Å². The summed E-state index contributed by atoms with van der Waals surface area (Å²) in [6.45, 7) is 0.222. The first-order valence-electron chi connectivity index (χ1n) is 7.32. The van der Waals surface area contributed by atoms with Crippen LogP contribution in [0, 0.1) is 0 Å². The Hall–Kier alpha value is -2.24. The van der Waals surface area contributed by atoms with Crippen LogP contribution < -0.4 is 11.0 Å². The van der Waals surface area contributed by atoms with Crippen LogP contribution in [0.1, 0.15) is 5.56 Å². The van der Waals surface area contributed by atoms with Gasteiger partial charge in [-0.3, -0.25) is 13.9 Å². The van der Waals surface area contributed by atoms with E-state index in [1.807, 2.05) is 24.3 Å². The summed E-state index contributed by atoms with van der Waals surface area (Å²) in [5, 5.41) is 3.80. The molecule has 124 valence electrons. The number of amides is 1. The zero-order valence-corrected chi connectivity index (χ0v) is 14.4. The Morgan fingerprint density at radius 3 is 2.54 bits per heavy atom. The summed E-state index contributed by atoms with van der Waals surface area (Å²) in [5.41, 5.74) is 2.05. The van der Waals surface area contributed by atoms with Gasteiger partial charge in [0, 0.05) is 23.6 Å². The lowest BCUT2D eigenvalue weighted by Gasteiger charge is -2.08. The van der Waals surface area contributed by atoms with Crippen molar-refractivity contribution in [1.82, 2.24) is 14.5 Å². The molecule has 0 atom stereocenters. The lowest BCUT2D eigenvalue weighted by molar-refractivity contribution is -0.121. The number of nitrogens with zero attached hydrogens (tertiary/aromatic N) is 2. The number of hydrogen-bond donors (Lipinski definition) is 1. The summed E-state index contributed by atoms with van der Waals surface area (Å²) in [6.07, 6.45) is 0. The van der Waals surface area contributed by atoms with Gasteiger partial charge in [0.15, 0.2) is 0 Å². The van der Waals surface area contributed by atoms with Gasteiger partial charge in [0.1, 0.15) is 6.54 Å². The molecule has 24 heavy (non-hydrogen) atoms. The third kappa shape index (κ3) is 3.18. The number of carbonyl (C=O) groups is 1. The van der Waals surface area contributed by atoms with Gasteiger partial charge in [-0.15, -0.1) is 0 Å². The molecule has 1 amide bonds. The summed E-state index contributed by atoms with van der Waals surface area (Å²) in [5.74, 6) is -0.264. The van der Waals surface area contributed by atoms with Crippen molar-refractivity contribution in [2.24, 2.45) is 7.05 Å². The van der Waals surface area contributed by atoms with Crippen LogP contribution in [0.15, 0.2) is 47.3 Å². The molecule has 1 heterocycles. The average molecular weight is 364 g/mol. The number of nitrogens with one attached hydrogen (secondary N) is 1. The van der Waals surface area contributed by atoms with E-state index in [1.165, 1.54) is 9.13 Å². The first-order valence-corrected chi connectivity index (χ1v) is 8.08. The van der Waals surface area contributed by atoms with Crippen molar-refractivity contribution >= 4 is 40.1 Å². The Labute approximate surface area is 148 Å². The maximum Gasteiger partial charge on any atom is 0.329 e. The van der Waals surface area contributed by atoms with E-state index in [4.69, 9.17) is 23.2 Å². The van der Waals surface area contributed by atoms with Crippen molar-refractivity contribution < 1.29 is 4.79 Å². The van der Waals surface area contributed by atoms with E-state index in [0.717, 1.165) is 16.6 Å². The molecule has 0 saturated carbocycles. The first-order chi connectivity index (χ1) is 11.5. The molecule has 2 aromatic carbocycles. The average Bonchev–Trinajstić information content (AvgIpc) is 2.79. The Morgan fingerprint density at radius 2 is 1.83 bits per heavy atom. The molecule has 0 aliphatic rings. The van der Waals surface area contributed by atoms with Gasteiger partial charge >= 0.3 is 5.69 Å². The minimum absolute atomic E-state index is 0.0502. The highest BCUT2D eigenvalue weighted by Crippen LogP contribution is 2.20. The molecule has 1 N–H and O–H groups in total. The van der Waals surface area contributed by atoms with E-state index in [9.17, 15) is 9.59 Å². The topological polar surface area (TPSA) is 56.0 Å². The molecule has 0 fully saturated rings. The zero-order chi connectivity index (χ0) is 17.3. The number of fused-ring (bicyclic) bond motifs is 1. The van der Waals surface area contributed by atoms with Crippen LogP contribution in [0.5, 0.6) is 0 Å². The van der Waals surface area contributed by atoms with Crippen LogP contribution in [-0.2, 0) is 24.9 Å². The molecular formula is C17H15Cl2N3O2. The molecule has 0 radical (unpaired) electrons. The summed E-state index contributed by atoms with van der Waals surface area (Å²) in [4.78, 5) is 24.5. The fourth-order valence-corrected chi connectivity index (χ4v) is 3.05. The van der Waals surface area contributed by atoms with Crippen LogP contribution in [0.25, 0.3) is 11.0 Å². The molecule has 0 spiro atoms. The van der Waals surface area contributed by atoms with E-state index in [2.05, 4.69) is 5.32 Å². The number of imidazole rings is 1. The minimum atomic E-state index is -0.264. The largest absolute Gasteiger partial charge is 0.350 e. The van der Waals surface area contributed by atoms with Crippen molar-refractivity contribution in [3.8, 4) is 0 Å². The van der Waals surface area contributed by atoms with Gasteiger partial charge in [-0.05, 0) is 29.8 Å². The van der Waals surface area contributed by atoms with Crippen LogP contribution in [0.4, 0.5) is 0 Å². The fraction of sp³-hybridized carbons (Fsp3) is 0.176. The fourth-order valence-electron chi connectivity index (χ4n) is 2.57. The summed E-state index contributed by atoms with van der Waals surface area (Å²) >= 11 is 11.9. The Balaban J connectivity index is 1.76. The SMILES string of the molecule is Cn1c(=O)n(CC(=O)NCc2ccc(Cl)cc2Cl)c2ccccc21.